The molecule has 27 heavy (non-hydrogen) atoms. The highest BCUT2D eigenvalue weighted by Gasteiger charge is 2.42. The van der Waals surface area contributed by atoms with Gasteiger partial charge in [0.15, 0.2) is 0 Å². The summed E-state index contributed by atoms with van der Waals surface area (Å²) in [6.07, 6.45) is -3.66. The van der Waals surface area contributed by atoms with E-state index < -0.39 is 12.1 Å². The molecule has 2 saturated heterocycles. The van der Waals surface area contributed by atoms with Gasteiger partial charge in [0.2, 0.25) is 5.91 Å². The standard InChI is InChI=1S/C20H28F3N3O/c1-15-5-3-7-18(16(15)2)25-11-9-24(10-12-25)14-19(27)26-8-4-6-17(13-26)20(21,22)23/h3,5,7,17H,4,6,8-14H2,1-2H3. The van der Waals surface area contributed by atoms with Crippen LogP contribution in [0.2, 0.25) is 0 Å². The van der Waals surface area contributed by atoms with Crippen LogP contribution in [-0.4, -0.2) is 67.7 Å². The first-order chi connectivity index (χ1) is 12.8. The van der Waals surface area contributed by atoms with Crippen molar-refractivity contribution in [1.29, 1.82) is 0 Å². The third-order valence-corrected chi connectivity index (χ3v) is 5.88. The number of likely N-dealkylation sites (tertiary alicyclic amines) is 1. The summed E-state index contributed by atoms with van der Waals surface area (Å²) in [5.74, 6) is -1.56. The van der Waals surface area contributed by atoms with Crippen LogP contribution in [0.1, 0.15) is 24.0 Å². The number of aryl methyl sites for hydroxylation is 1. The van der Waals surface area contributed by atoms with E-state index in [2.05, 4.69) is 41.8 Å². The maximum atomic E-state index is 12.9. The van der Waals surface area contributed by atoms with E-state index >= 15 is 0 Å². The normalized spacial score (nSPS) is 22.2. The Balaban J connectivity index is 1.52. The van der Waals surface area contributed by atoms with Gasteiger partial charge in [-0.05, 0) is 43.9 Å². The van der Waals surface area contributed by atoms with Gasteiger partial charge in [-0.3, -0.25) is 9.69 Å². The monoisotopic (exact) mass is 383 g/mol. The topological polar surface area (TPSA) is 26.8 Å². The number of hydrogen-bond acceptors (Lipinski definition) is 3. The average molecular weight is 383 g/mol. The van der Waals surface area contributed by atoms with Gasteiger partial charge in [-0.25, -0.2) is 0 Å². The van der Waals surface area contributed by atoms with Gasteiger partial charge in [-0.15, -0.1) is 0 Å². The SMILES string of the molecule is Cc1cccc(N2CCN(CC(=O)N3CCCC(C(F)(F)F)C3)CC2)c1C. The minimum Gasteiger partial charge on any atom is -0.369 e. The van der Waals surface area contributed by atoms with E-state index in [1.54, 1.807) is 0 Å². The summed E-state index contributed by atoms with van der Waals surface area (Å²) < 4.78 is 38.8. The van der Waals surface area contributed by atoms with Crippen molar-refractivity contribution in [2.75, 3.05) is 50.7 Å². The molecule has 1 aromatic rings. The van der Waals surface area contributed by atoms with Crippen molar-refractivity contribution in [3.63, 3.8) is 0 Å². The fraction of sp³-hybridized carbons (Fsp3) is 0.650. The summed E-state index contributed by atoms with van der Waals surface area (Å²) in [5, 5.41) is 0. The van der Waals surface area contributed by atoms with E-state index in [0.717, 1.165) is 26.2 Å². The van der Waals surface area contributed by atoms with Gasteiger partial charge in [0.1, 0.15) is 0 Å². The van der Waals surface area contributed by atoms with Crippen molar-refractivity contribution in [1.82, 2.24) is 9.80 Å². The van der Waals surface area contributed by atoms with Crippen molar-refractivity contribution >= 4 is 11.6 Å². The number of benzene rings is 1. The van der Waals surface area contributed by atoms with E-state index in [1.165, 1.54) is 21.7 Å². The summed E-state index contributed by atoms with van der Waals surface area (Å²) in [5.41, 5.74) is 3.76. The summed E-state index contributed by atoms with van der Waals surface area (Å²) in [4.78, 5) is 18.3. The number of carbonyl (C=O) groups is 1. The first kappa shape index (κ1) is 20.0. The number of piperidine rings is 1. The first-order valence-corrected chi connectivity index (χ1v) is 9.63. The van der Waals surface area contributed by atoms with Crippen LogP contribution in [0.15, 0.2) is 18.2 Å². The molecule has 0 aromatic heterocycles. The second-order valence-corrected chi connectivity index (χ2v) is 7.70. The molecule has 1 unspecified atom stereocenters. The maximum Gasteiger partial charge on any atom is 0.393 e. The molecule has 0 N–H and O–H groups in total. The Bertz CT molecular complexity index is 669. The molecule has 150 valence electrons. The fourth-order valence-electron chi connectivity index (χ4n) is 3.99. The Labute approximate surface area is 158 Å². The lowest BCUT2D eigenvalue weighted by Crippen LogP contribution is -2.52. The number of piperazine rings is 1. The number of alkyl halides is 3. The molecule has 7 heteroatoms. The van der Waals surface area contributed by atoms with Crippen LogP contribution >= 0.6 is 0 Å². The summed E-state index contributed by atoms with van der Waals surface area (Å²) in [7, 11) is 0. The van der Waals surface area contributed by atoms with Crippen LogP contribution in [0, 0.1) is 19.8 Å². The lowest BCUT2D eigenvalue weighted by atomic mass is 9.97. The molecule has 2 fully saturated rings. The Hall–Kier alpha value is -1.76. The molecule has 2 aliphatic rings. The molecule has 0 saturated carbocycles. The number of amides is 1. The van der Waals surface area contributed by atoms with Crippen LogP contribution in [0.3, 0.4) is 0 Å². The average Bonchev–Trinajstić information content (AvgIpc) is 2.64. The zero-order valence-electron chi connectivity index (χ0n) is 16.1. The Morgan fingerprint density at radius 3 is 2.48 bits per heavy atom. The summed E-state index contributed by atoms with van der Waals surface area (Å²) in [6.45, 7) is 7.81. The van der Waals surface area contributed by atoms with E-state index in [1.807, 2.05) is 0 Å². The van der Waals surface area contributed by atoms with E-state index in [9.17, 15) is 18.0 Å². The molecule has 1 amide bonds. The molecule has 0 radical (unpaired) electrons. The van der Waals surface area contributed by atoms with Crippen LogP contribution < -0.4 is 4.90 Å². The van der Waals surface area contributed by atoms with Gasteiger partial charge in [-0.1, -0.05) is 12.1 Å². The fourth-order valence-corrected chi connectivity index (χ4v) is 3.99. The molecule has 3 rings (SSSR count). The van der Waals surface area contributed by atoms with Crippen molar-refractivity contribution < 1.29 is 18.0 Å². The predicted molar refractivity (Wildman–Crippen MR) is 99.9 cm³/mol. The number of hydrogen-bond donors (Lipinski definition) is 0. The smallest absolute Gasteiger partial charge is 0.369 e. The second-order valence-electron chi connectivity index (χ2n) is 7.70. The van der Waals surface area contributed by atoms with Crippen LogP contribution in [0.5, 0.6) is 0 Å². The highest BCUT2D eigenvalue weighted by molar-refractivity contribution is 5.78. The van der Waals surface area contributed by atoms with Gasteiger partial charge >= 0.3 is 6.18 Å². The van der Waals surface area contributed by atoms with E-state index in [0.29, 0.717) is 13.0 Å². The lowest BCUT2D eigenvalue weighted by Gasteiger charge is -2.38. The molecule has 0 aliphatic carbocycles. The van der Waals surface area contributed by atoms with Gasteiger partial charge in [0, 0.05) is 45.0 Å². The molecule has 0 spiro atoms. The van der Waals surface area contributed by atoms with Gasteiger partial charge in [0.25, 0.3) is 0 Å². The minimum absolute atomic E-state index is 0.127. The summed E-state index contributed by atoms with van der Waals surface area (Å²) >= 11 is 0. The number of nitrogens with zero attached hydrogens (tertiary/aromatic N) is 3. The van der Waals surface area contributed by atoms with Crippen LogP contribution in [0.4, 0.5) is 18.9 Å². The molecular weight excluding hydrogens is 355 g/mol. The Kier molecular flexibility index (Phi) is 5.99. The number of anilines is 1. The highest BCUT2D eigenvalue weighted by Crippen LogP contribution is 2.33. The van der Waals surface area contributed by atoms with Crippen molar-refractivity contribution in [3.8, 4) is 0 Å². The maximum absolute atomic E-state index is 12.9. The van der Waals surface area contributed by atoms with Crippen molar-refractivity contribution in [3.05, 3.63) is 29.3 Å². The van der Waals surface area contributed by atoms with Gasteiger partial charge in [-0.2, -0.15) is 13.2 Å². The second kappa shape index (κ2) is 8.09. The van der Waals surface area contributed by atoms with E-state index in [-0.39, 0.29) is 25.4 Å². The van der Waals surface area contributed by atoms with Gasteiger partial charge < -0.3 is 9.80 Å². The van der Waals surface area contributed by atoms with Crippen molar-refractivity contribution in [2.45, 2.75) is 32.9 Å². The quantitative estimate of drug-likeness (QED) is 0.802. The Morgan fingerprint density at radius 1 is 1.11 bits per heavy atom. The highest BCUT2D eigenvalue weighted by atomic mass is 19.4. The van der Waals surface area contributed by atoms with Gasteiger partial charge in [0.05, 0.1) is 12.5 Å². The predicted octanol–water partition coefficient (Wildman–Crippen LogP) is 3.23. The zero-order chi connectivity index (χ0) is 19.6. The molecule has 4 nitrogen and oxygen atoms in total. The number of halogens is 3. The lowest BCUT2D eigenvalue weighted by molar-refractivity contribution is -0.188. The number of carbonyl (C=O) groups excluding carboxylic acids is 1. The third-order valence-electron chi connectivity index (χ3n) is 5.88. The first-order valence-electron chi connectivity index (χ1n) is 9.63. The molecule has 1 atom stereocenters. The van der Waals surface area contributed by atoms with E-state index in [4.69, 9.17) is 0 Å². The van der Waals surface area contributed by atoms with Crippen molar-refractivity contribution in [2.24, 2.45) is 5.92 Å². The molecule has 1 aromatic carbocycles. The minimum atomic E-state index is -4.21. The summed E-state index contributed by atoms with van der Waals surface area (Å²) in [6, 6.07) is 6.27. The van der Waals surface area contributed by atoms with Crippen LogP contribution in [0.25, 0.3) is 0 Å². The molecule has 2 aliphatic heterocycles. The zero-order valence-corrected chi connectivity index (χ0v) is 16.1. The Morgan fingerprint density at radius 2 is 1.81 bits per heavy atom. The molecule has 0 bridgehead atoms. The molecular formula is C20H28F3N3O. The van der Waals surface area contributed by atoms with Crippen LogP contribution in [-0.2, 0) is 4.79 Å². The molecule has 2 heterocycles. The third kappa shape index (κ3) is 4.75. The largest absolute Gasteiger partial charge is 0.393 e. The number of rotatable bonds is 3.